The molecule has 0 saturated carbocycles. The molecule has 0 amide bonds. The maximum absolute atomic E-state index is 13.3. The van der Waals surface area contributed by atoms with Crippen molar-refractivity contribution in [3.05, 3.63) is 44.8 Å². The fourth-order valence-electron chi connectivity index (χ4n) is 1.39. The molecule has 90 valence electrons. The minimum atomic E-state index is -0.370. The van der Waals surface area contributed by atoms with Crippen molar-refractivity contribution < 1.29 is 9.13 Å². The van der Waals surface area contributed by atoms with Gasteiger partial charge in [0.1, 0.15) is 11.6 Å². The first-order valence-corrected chi connectivity index (χ1v) is 6.74. The Morgan fingerprint density at radius 2 is 2.24 bits per heavy atom. The van der Waals surface area contributed by atoms with Gasteiger partial charge >= 0.3 is 0 Å². The number of nitrogens with two attached hydrogens (primary N) is 1. The number of hydrogen-bond acceptors (Lipinski definition) is 3. The van der Waals surface area contributed by atoms with Crippen molar-refractivity contribution in [2.45, 2.75) is 6.42 Å². The predicted molar refractivity (Wildman–Crippen MR) is 72.0 cm³/mol. The zero-order valence-corrected chi connectivity index (χ0v) is 11.4. The van der Waals surface area contributed by atoms with Crippen LogP contribution >= 0.6 is 27.3 Å². The summed E-state index contributed by atoms with van der Waals surface area (Å²) in [6, 6.07) is 6.84. The van der Waals surface area contributed by atoms with E-state index in [-0.39, 0.29) is 5.82 Å². The largest absolute Gasteiger partial charge is 0.491 e. The number of halogens is 2. The number of rotatable bonds is 4. The van der Waals surface area contributed by atoms with Gasteiger partial charge in [-0.05, 0) is 33.4 Å². The number of ether oxygens (including phenoxy) is 1. The summed E-state index contributed by atoms with van der Waals surface area (Å²) in [4.78, 5) is 1.24. The molecule has 0 aliphatic rings. The zero-order valence-electron chi connectivity index (χ0n) is 8.95. The van der Waals surface area contributed by atoms with Gasteiger partial charge in [-0.25, -0.2) is 4.39 Å². The molecule has 0 unspecified atom stereocenters. The number of nitrogen functional groups attached to an aromatic ring is 1. The van der Waals surface area contributed by atoms with Crippen LogP contribution in [0.15, 0.2) is 34.1 Å². The Morgan fingerprint density at radius 3 is 2.94 bits per heavy atom. The van der Waals surface area contributed by atoms with Crippen LogP contribution in [0.25, 0.3) is 0 Å². The Balaban J connectivity index is 1.97. The average molecular weight is 316 g/mol. The summed E-state index contributed by atoms with van der Waals surface area (Å²) < 4.78 is 19.1. The molecule has 5 heteroatoms. The highest BCUT2D eigenvalue weighted by molar-refractivity contribution is 9.10. The van der Waals surface area contributed by atoms with Crippen LogP contribution < -0.4 is 10.5 Å². The molecule has 0 atom stereocenters. The SMILES string of the molecule is Nc1cc(Br)c(F)cc1OCCc1cccs1. The Bertz CT molecular complexity index is 501. The first kappa shape index (κ1) is 12.4. The standard InChI is InChI=1S/C12H11BrFNOS/c13-9-6-11(15)12(7-10(9)14)16-4-3-8-2-1-5-17-8/h1-2,5-7H,3-4,15H2. The van der Waals surface area contributed by atoms with Gasteiger partial charge in [0.2, 0.25) is 0 Å². The van der Waals surface area contributed by atoms with Crippen molar-refractivity contribution in [1.29, 1.82) is 0 Å². The van der Waals surface area contributed by atoms with Crippen molar-refractivity contribution in [3.63, 3.8) is 0 Å². The smallest absolute Gasteiger partial charge is 0.145 e. The molecule has 0 aliphatic heterocycles. The number of thiophene rings is 1. The van der Waals surface area contributed by atoms with Crippen LogP contribution in [0.5, 0.6) is 5.75 Å². The molecule has 1 aromatic heterocycles. The van der Waals surface area contributed by atoms with E-state index in [9.17, 15) is 4.39 Å². The number of benzene rings is 1. The van der Waals surface area contributed by atoms with Gasteiger partial charge in [0.25, 0.3) is 0 Å². The highest BCUT2D eigenvalue weighted by atomic mass is 79.9. The minimum Gasteiger partial charge on any atom is -0.491 e. The predicted octanol–water partition coefficient (Wildman–Crippen LogP) is 3.85. The number of hydrogen-bond donors (Lipinski definition) is 1. The lowest BCUT2D eigenvalue weighted by Gasteiger charge is -2.09. The summed E-state index contributed by atoms with van der Waals surface area (Å²) in [7, 11) is 0. The zero-order chi connectivity index (χ0) is 12.3. The van der Waals surface area contributed by atoms with Crippen molar-refractivity contribution in [2.75, 3.05) is 12.3 Å². The molecule has 1 aromatic carbocycles. The topological polar surface area (TPSA) is 35.2 Å². The molecule has 0 bridgehead atoms. The van der Waals surface area contributed by atoms with Gasteiger partial charge in [-0.15, -0.1) is 11.3 Å². The highest BCUT2D eigenvalue weighted by Gasteiger charge is 2.07. The Hall–Kier alpha value is -1.07. The fourth-order valence-corrected chi connectivity index (χ4v) is 2.44. The van der Waals surface area contributed by atoms with Gasteiger partial charge in [-0.3, -0.25) is 0 Å². The summed E-state index contributed by atoms with van der Waals surface area (Å²) in [5.41, 5.74) is 6.17. The van der Waals surface area contributed by atoms with Crippen molar-refractivity contribution >= 4 is 33.0 Å². The van der Waals surface area contributed by atoms with E-state index < -0.39 is 0 Å². The summed E-state index contributed by atoms with van der Waals surface area (Å²) >= 11 is 4.75. The molecule has 17 heavy (non-hydrogen) atoms. The summed E-state index contributed by atoms with van der Waals surface area (Å²) in [5, 5.41) is 2.02. The molecule has 2 aromatic rings. The van der Waals surface area contributed by atoms with Gasteiger partial charge in [-0.1, -0.05) is 6.07 Å². The van der Waals surface area contributed by atoms with Crippen LogP contribution in [-0.4, -0.2) is 6.61 Å². The lowest BCUT2D eigenvalue weighted by atomic mass is 10.3. The van der Waals surface area contributed by atoms with E-state index in [1.165, 1.54) is 17.0 Å². The molecule has 0 aliphatic carbocycles. The molecule has 2 nitrogen and oxygen atoms in total. The van der Waals surface area contributed by atoms with Crippen LogP contribution in [0.4, 0.5) is 10.1 Å². The summed E-state index contributed by atoms with van der Waals surface area (Å²) in [6.07, 6.45) is 0.800. The lowest BCUT2D eigenvalue weighted by molar-refractivity contribution is 0.323. The second kappa shape index (κ2) is 5.51. The minimum absolute atomic E-state index is 0.348. The van der Waals surface area contributed by atoms with E-state index in [0.717, 1.165) is 6.42 Å². The summed E-state index contributed by atoms with van der Waals surface area (Å²) in [6.45, 7) is 0.492. The molecule has 0 spiro atoms. The Morgan fingerprint density at radius 1 is 1.41 bits per heavy atom. The molecule has 0 saturated heterocycles. The monoisotopic (exact) mass is 315 g/mol. The van der Waals surface area contributed by atoms with E-state index in [1.807, 2.05) is 17.5 Å². The van der Waals surface area contributed by atoms with Crippen LogP contribution in [0.1, 0.15) is 4.88 Å². The van der Waals surface area contributed by atoms with E-state index in [2.05, 4.69) is 15.9 Å². The van der Waals surface area contributed by atoms with Crippen molar-refractivity contribution in [3.8, 4) is 5.75 Å². The quantitative estimate of drug-likeness (QED) is 0.870. The fraction of sp³-hybridized carbons (Fsp3) is 0.167. The van der Waals surface area contributed by atoms with Crippen LogP contribution in [0, 0.1) is 5.82 Å². The molecular weight excluding hydrogens is 305 g/mol. The molecule has 0 fully saturated rings. The first-order chi connectivity index (χ1) is 8.16. The van der Waals surface area contributed by atoms with Crippen LogP contribution in [0.3, 0.4) is 0 Å². The second-order valence-electron chi connectivity index (χ2n) is 3.48. The summed E-state index contributed by atoms with van der Waals surface area (Å²) in [5.74, 6) is 0.0209. The molecule has 2 rings (SSSR count). The molecule has 0 radical (unpaired) electrons. The van der Waals surface area contributed by atoms with E-state index >= 15 is 0 Å². The van der Waals surface area contributed by atoms with E-state index in [4.69, 9.17) is 10.5 Å². The van der Waals surface area contributed by atoms with Crippen LogP contribution in [-0.2, 0) is 6.42 Å². The number of anilines is 1. The third kappa shape index (κ3) is 3.20. The van der Waals surface area contributed by atoms with Crippen molar-refractivity contribution in [2.24, 2.45) is 0 Å². The van der Waals surface area contributed by atoms with Crippen LogP contribution in [0.2, 0.25) is 0 Å². The van der Waals surface area contributed by atoms with E-state index in [0.29, 0.717) is 22.5 Å². The van der Waals surface area contributed by atoms with Gasteiger partial charge in [0.05, 0.1) is 16.8 Å². The maximum Gasteiger partial charge on any atom is 0.145 e. The normalized spacial score (nSPS) is 10.5. The van der Waals surface area contributed by atoms with E-state index in [1.54, 1.807) is 11.3 Å². The average Bonchev–Trinajstić information content (AvgIpc) is 2.78. The van der Waals surface area contributed by atoms with Crippen molar-refractivity contribution in [1.82, 2.24) is 0 Å². The second-order valence-corrected chi connectivity index (χ2v) is 5.37. The van der Waals surface area contributed by atoms with Gasteiger partial charge in [0, 0.05) is 17.4 Å². The third-order valence-corrected chi connectivity index (χ3v) is 3.78. The maximum atomic E-state index is 13.3. The first-order valence-electron chi connectivity index (χ1n) is 5.06. The molecular formula is C12H11BrFNOS. The molecule has 2 N–H and O–H groups in total. The Kier molecular flexibility index (Phi) is 4.02. The lowest BCUT2D eigenvalue weighted by Crippen LogP contribution is -2.03. The van der Waals surface area contributed by atoms with Gasteiger partial charge in [0.15, 0.2) is 0 Å². The highest BCUT2D eigenvalue weighted by Crippen LogP contribution is 2.28. The Labute approximate surface area is 111 Å². The third-order valence-electron chi connectivity index (χ3n) is 2.24. The van der Waals surface area contributed by atoms with Gasteiger partial charge in [-0.2, -0.15) is 0 Å². The van der Waals surface area contributed by atoms with Gasteiger partial charge < -0.3 is 10.5 Å². The molecule has 1 heterocycles.